The van der Waals surface area contributed by atoms with Crippen LogP contribution in [0, 0.1) is 0 Å². The maximum atomic E-state index is 10.6. The summed E-state index contributed by atoms with van der Waals surface area (Å²) < 4.78 is 6.48. The second-order valence-electron chi connectivity index (χ2n) is 2.23. The Bertz CT molecular complexity index is 293. The number of carboxylic acid groups (broad SMARTS) is 1. The first kappa shape index (κ1) is 8.58. The highest BCUT2D eigenvalue weighted by molar-refractivity contribution is 5.89. The summed E-state index contributed by atoms with van der Waals surface area (Å²) in [5, 5.41) is 12.4. The molecule has 0 unspecified atom stereocenters. The lowest BCUT2D eigenvalue weighted by Crippen LogP contribution is -2.04. The van der Waals surface area contributed by atoms with Gasteiger partial charge < -0.3 is 9.84 Å². The number of nitrogens with zero attached hydrogens (tertiary/aromatic N) is 2. The SMILES string of the molecule is CCOc1c(C(=O)O)cnn1C. The number of hydrogen-bond acceptors (Lipinski definition) is 3. The van der Waals surface area contributed by atoms with Crippen molar-refractivity contribution in [3.8, 4) is 5.88 Å². The minimum Gasteiger partial charge on any atom is -0.478 e. The van der Waals surface area contributed by atoms with Crippen molar-refractivity contribution in [1.29, 1.82) is 0 Å². The molecule has 66 valence electrons. The van der Waals surface area contributed by atoms with Gasteiger partial charge in [-0.3, -0.25) is 0 Å². The van der Waals surface area contributed by atoms with Crippen LogP contribution in [0.2, 0.25) is 0 Å². The third-order valence-electron chi connectivity index (χ3n) is 1.40. The molecule has 0 fully saturated rings. The Kier molecular flexibility index (Phi) is 2.32. The third-order valence-corrected chi connectivity index (χ3v) is 1.40. The fraction of sp³-hybridized carbons (Fsp3) is 0.429. The first-order chi connectivity index (χ1) is 5.66. The molecule has 0 bridgehead atoms. The van der Waals surface area contributed by atoms with E-state index in [4.69, 9.17) is 9.84 Å². The Hall–Kier alpha value is -1.52. The van der Waals surface area contributed by atoms with Crippen LogP contribution in [0.15, 0.2) is 6.20 Å². The maximum Gasteiger partial charge on any atom is 0.342 e. The van der Waals surface area contributed by atoms with Crippen molar-refractivity contribution in [2.45, 2.75) is 6.92 Å². The van der Waals surface area contributed by atoms with Gasteiger partial charge in [0, 0.05) is 7.05 Å². The van der Waals surface area contributed by atoms with Crippen LogP contribution in [0.1, 0.15) is 17.3 Å². The molecule has 0 aliphatic carbocycles. The predicted molar refractivity (Wildman–Crippen MR) is 41.3 cm³/mol. The Morgan fingerprint density at radius 3 is 3.00 bits per heavy atom. The van der Waals surface area contributed by atoms with Gasteiger partial charge in [0.15, 0.2) is 0 Å². The highest BCUT2D eigenvalue weighted by Gasteiger charge is 2.15. The topological polar surface area (TPSA) is 64.3 Å². The predicted octanol–water partition coefficient (Wildman–Crippen LogP) is 0.517. The van der Waals surface area contributed by atoms with Crippen molar-refractivity contribution in [2.75, 3.05) is 6.61 Å². The monoisotopic (exact) mass is 170 g/mol. The van der Waals surface area contributed by atoms with Crippen LogP contribution in [0.3, 0.4) is 0 Å². The molecule has 5 nitrogen and oxygen atoms in total. The summed E-state index contributed by atoms with van der Waals surface area (Å²) in [7, 11) is 1.64. The van der Waals surface area contributed by atoms with E-state index >= 15 is 0 Å². The molecule has 1 heterocycles. The van der Waals surface area contributed by atoms with E-state index in [2.05, 4.69) is 5.10 Å². The molecule has 0 amide bonds. The van der Waals surface area contributed by atoms with Gasteiger partial charge in [-0.2, -0.15) is 5.10 Å². The molecule has 0 saturated heterocycles. The van der Waals surface area contributed by atoms with Gasteiger partial charge in [-0.15, -0.1) is 0 Å². The molecule has 1 aromatic heterocycles. The average Bonchev–Trinajstić information content (AvgIpc) is 2.34. The molecule has 5 heteroatoms. The van der Waals surface area contributed by atoms with Gasteiger partial charge in [0.05, 0.1) is 12.8 Å². The molecule has 0 aromatic carbocycles. The molecule has 0 saturated carbocycles. The van der Waals surface area contributed by atoms with Crippen LogP contribution in [0.25, 0.3) is 0 Å². The Morgan fingerprint density at radius 2 is 2.50 bits per heavy atom. The Morgan fingerprint density at radius 1 is 1.83 bits per heavy atom. The van der Waals surface area contributed by atoms with E-state index < -0.39 is 5.97 Å². The lowest BCUT2D eigenvalue weighted by molar-refractivity contribution is 0.0692. The van der Waals surface area contributed by atoms with Crippen molar-refractivity contribution >= 4 is 5.97 Å². The molecular formula is C7H10N2O3. The smallest absolute Gasteiger partial charge is 0.342 e. The van der Waals surface area contributed by atoms with E-state index in [-0.39, 0.29) is 5.56 Å². The summed E-state index contributed by atoms with van der Waals surface area (Å²) >= 11 is 0. The number of ether oxygens (including phenoxy) is 1. The van der Waals surface area contributed by atoms with E-state index in [0.717, 1.165) is 0 Å². The van der Waals surface area contributed by atoms with Gasteiger partial charge in [-0.05, 0) is 6.92 Å². The summed E-state index contributed by atoms with van der Waals surface area (Å²) in [6.45, 7) is 2.22. The quantitative estimate of drug-likeness (QED) is 0.718. The largest absolute Gasteiger partial charge is 0.478 e. The molecule has 0 aliphatic heterocycles. The first-order valence-corrected chi connectivity index (χ1v) is 3.55. The number of rotatable bonds is 3. The zero-order valence-electron chi connectivity index (χ0n) is 6.94. The van der Waals surface area contributed by atoms with Gasteiger partial charge in [0.25, 0.3) is 0 Å². The summed E-state index contributed by atoms with van der Waals surface area (Å²) in [5.74, 6) is -0.725. The van der Waals surface area contributed by atoms with E-state index in [0.29, 0.717) is 12.5 Å². The van der Waals surface area contributed by atoms with E-state index in [1.54, 1.807) is 14.0 Å². The molecular weight excluding hydrogens is 160 g/mol. The van der Waals surface area contributed by atoms with Gasteiger partial charge in [-0.25, -0.2) is 9.48 Å². The molecule has 0 aliphatic rings. The van der Waals surface area contributed by atoms with Gasteiger partial charge in [0.2, 0.25) is 5.88 Å². The summed E-state index contributed by atoms with van der Waals surface area (Å²) in [5.41, 5.74) is 0.0966. The van der Waals surface area contributed by atoms with Crippen LogP contribution < -0.4 is 4.74 Å². The molecule has 0 atom stereocenters. The molecule has 12 heavy (non-hydrogen) atoms. The summed E-state index contributed by atoms with van der Waals surface area (Å²) in [6.07, 6.45) is 1.27. The van der Waals surface area contributed by atoms with Crippen molar-refractivity contribution < 1.29 is 14.6 Å². The molecule has 1 rings (SSSR count). The Labute approximate surface area is 69.6 Å². The maximum absolute atomic E-state index is 10.6. The molecule has 1 aromatic rings. The average molecular weight is 170 g/mol. The van der Waals surface area contributed by atoms with Crippen LogP contribution >= 0.6 is 0 Å². The van der Waals surface area contributed by atoms with E-state index in [9.17, 15) is 4.79 Å². The van der Waals surface area contributed by atoms with Crippen LogP contribution in [-0.4, -0.2) is 27.5 Å². The van der Waals surface area contributed by atoms with Gasteiger partial charge in [-0.1, -0.05) is 0 Å². The van der Waals surface area contributed by atoms with Crippen molar-refractivity contribution in [2.24, 2.45) is 7.05 Å². The fourth-order valence-corrected chi connectivity index (χ4v) is 0.881. The lowest BCUT2D eigenvalue weighted by atomic mass is 10.3. The second-order valence-corrected chi connectivity index (χ2v) is 2.23. The standard InChI is InChI=1S/C7H10N2O3/c1-3-12-6-5(7(10)11)4-8-9(6)2/h4H,3H2,1-2H3,(H,10,11). The van der Waals surface area contributed by atoms with Crippen molar-refractivity contribution in [1.82, 2.24) is 9.78 Å². The zero-order valence-corrected chi connectivity index (χ0v) is 6.94. The van der Waals surface area contributed by atoms with Crippen molar-refractivity contribution in [3.05, 3.63) is 11.8 Å². The minimum absolute atomic E-state index is 0.0966. The number of carbonyl (C=O) groups is 1. The molecule has 1 N–H and O–H groups in total. The van der Waals surface area contributed by atoms with E-state index in [1.807, 2.05) is 0 Å². The van der Waals surface area contributed by atoms with Crippen molar-refractivity contribution in [3.63, 3.8) is 0 Å². The van der Waals surface area contributed by atoms with Crippen LogP contribution in [0.4, 0.5) is 0 Å². The number of aromatic carboxylic acids is 1. The number of hydrogen-bond donors (Lipinski definition) is 1. The summed E-state index contributed by atoms with van der Waals surface area (Å²) in [6, 6.07) is 0. The second kappa shape index (κ2) is 3.25. The summed E-state index contributed by atoms with van der Waals surface area (Å²) in [4.78, 5) is 10.6. The molecule has 0 radical (unpaired) electrons. The van der Waals surface area contributed by atoms with Gasteiger partial charge >= 0.3 is 5.97 Å². The Balaban J connectivity index is 3.03. The van der Waals surface area contributed by atoms with E-state index in [1.165, 1.54) is 10.9 Å². The van der Waals surface area contributed by atoms with Crippen LogP contribution in [0.5, 0.6) is 5.88 Å². The highest BCUT2D eigenvalue weighted by atomic mass is 16.5. The third kappa shape index (κ3) is 1.39. The number of aromatic nitrogens is 2. The van der Waals surface area contributed by atoms with Gasteiger partial charge in [0.1, 0.15) is 5.56 Å². The molecule has 0 spiro atoms. The lowest BCUT2D eigenvalue weighted by Gasteiger charge is -2.03. The number of carboxylic acids is 1. The zero-order chi connectivity index (χ0) is 9.14. The highest BCUT2D eigenvalue weighted by Crippen LogP contribution is 2.16. The normalized spacial score (nSPS) is 9.83. The minimum atomic E-state index is -1.02. The first-order valence-electron chi connectivity index (χ1n) is 3.55. The fourth-order valence-electron chi connectivity index (χ4n) is 0.881. The number of aryl methyl sites for hydroxylation is 1. The van der Waals surface area contributed by atoms with Crippen LogP contribution in [-0.2, 0) is 7.05 Å².